The molecule has 21 heavy (non-hydrogen) atoms. The molecule has 0 fully saturated rings. The summed E-state index contributed by atoms with van der Waals surface area (Å²) in [4.78, 5) is 32.8. The summed E-state index contributed by atoms with van der Waals surface area (Å²) in [5, 5.41) is 2.98. The molecule has 8 nitrogen and oxygen atoms in total. The Morgan fingerprint density at radius 1 is 1.43 bits per heavy atom. The number of nitrogens with zero attached hydrogens (tertiary/aromatic N) is 2. The van der Waals surface area contributed by atoms with E-state index in [2.05, 4.69) is 20.3 Å². The van der Waals surface area contributed by atoms with Gasteiger partial charge in [0, 0.05) is 31.4 Å². The summed E-state index contributed by atoms with van der Waals surface area (Å²) in [6.07, 6.45) is 3.98. The predicted molar refractivity (Wildman–Crippen MR) is 81.4 cm³/mol. The number of nitrogens with two attached hydrogens (primary N) is 1. The van der Waals surface area contributed by atoms with Gasteiger partial charge in [-0.2, -0.15) is 0 Å². The minimum absolute atomic E-state index is 0.169. The summed E-state index contributed by atoms with van der Waals surface area (Å²) in [6.45, 7) is 4.91. The van der Waals surface area contributed by atoms with Crippen molar-refractivity contribution in [2.75, 3.05) is 17.6 Å². The maximum atomic E-state index is 11.9. The molecular formula is C13H20N6O2. The van der Waals surface area contributed by atoms with Crippen molar-refractivity contribution in [1.29, 1.82) is 0 Å². The normalized spacial score (nSPS) is 11.0. The molecule has 0 aliphatic heterocycles. The van der Waals surface area contributed by atoms with E-state index in [4.69, 9.17) is 5.73 Å². The van der Waals surface area contributed by atoms with Gasteiger partial charge in [-0.05, 0) is 5.92 Å². The summed E-state index contributed by atoms with van der Waals surface area (Å²) in [6, 6.07) is 0. The quantitative estimate of drug-likeness (QED) is 0.604. The predicted octanol–water partition coefficient (Wildman–Crippen LogP) is 0.153. The largest absolute Gasteiger partial charge is 0.383 e. The summed E-state index contributed by atoms with van der Waals surface area (Å²) >= 11 is 0. The van der Waals surface area contributed by atoms with Gasteiger partial charge in [0.05, 0.1) is 6.33 Å². The molecule has 0 aromatic carbocycles. The van der Waals surface area contributed by atoms with Gasteiger partial charge < -0.3 is 16.0 Å². The number of hydrogen-bond acceptors (Lipinski definition) is 5. The number of aromatic nitrogens is 4. The molecule has 0 saturated carbocycles. The van der Waals surface area contributed by atoms with Gasteiger partial charge in [0.1, 0.15) is 11.5 Å². The Hall–Kier alpha value is -2.51. The number of anilines is 2. The van der Waals surface area contributed by atoms with Crippen molar-refractivity contribution < 1.29 is 0 Å². The average Bonchev–Trinajstić information content (AvgIpc) is 2.91. The molecule has 0 saturated heterocycles. The van der Waals surface area contributed by atoms with Gasteiger partial charge in [-0.15, -0.1) is 0 Å². The lowest BCUT2D eigenvalue weighted by Gasteiger charge is -2.15. The zero-order valence-corrected chi connectivity index (χ0v) is 12.1. The Morgan fingerprint density at radius 3 is 2.81 bits per heavy atom. The van der Waals surface area contributed by atoms with Crippen LogP contribution < -0.4 is 22.3 Å². The Morgan fingerprint density at radius 2 is 2.19 bits per heavy atom. The number of rotatable bonds is 6. The molecule has 5 N–H and O–H groups in total. The van der Waals surface area contributed by atoms with Crippen molar-refractivity contribution in [2.45, 2.75) is 26.8 Å². The highest BCUT2D eigenvalue weighted by Crippen LogP contribution is 2.11. The molecule has 0 aliphatic carbocycles. The van der Waals surface area contributed by atoms with E-state index >= 15 is 0 Å². The van der Waals surface area contributed by atoms with Gasteiger partial charge in [-0.1, -0.05) is 13.8 Å². The van der Waals surface area contributed by atoms with Crippen LogP contribution >= 0.6 is 0 Å². The highest BCUT2D eigenvalue weighted by Gasteiger charge is 2.12. The Bertz CT molecular complexity index is 698. The highest BCUT2D eigenvalue weighted by atomic mass is 16.2. The van der Waals surface area contributed by atoms with Crippen LogP contribution in [0.15, 0.2) is 22.1 Å². The maximum absolute atomic E-state index is 11.9. The first-order chi connectivity index (χ1) is 9.99. The van der Waals surface area contributed by atoms with Crippen LogP contribution in [0.1, 0.15) is 19.5 Å². The topological polar surface area (TPSA) is 122 Å². The molecule has 114 valence electrons. The molecule has 2 aromatic heterocycles. The van der Waals surface area contributed by atoms with Crippen molar-refractivity contribution >= 4 is 11.5 Å². The molecule has 0 amide bonds. The number of nitrogen functional groups attached to an aromatic ring is 1. The van der Waals surface area contributed by atoms with E-state index in [1.54, 1.807) is 12.5 Å². The van der Waals surface area contributed by atoms with E-state index in [1.807, 2.05) is 13.8 Å². The number of nitrogens with one attached hydrogen (secondary N) is 3. The minimum Gasteiger partial charge on any atom is -0.383 e. The van der Waals surface area contributed by atoms with Crippen LogP contribution in [0.25, 0.3) is 0 Å². The van der Waals surface area contributed by atoms with Crippen LogP contribution in [0.4, 0.5) is 11.5 Å². The van der Waals surface area contributed by atoms with Crippen LogP contribution in [-0.4, -0.2) is 26.1 Å². The van der Waals surface area contributed by atoms with Crippen molar-refractivity contribution in [3.63, 3.8) is 0 Å². The van der Waals surface area contributed by atoms with Gasteiger partial charge in [0.25, 0.3) is 5.56 Å². The van der Waals surface area contributed by atoms with Crippen LogP contribution in [0.2, 0.25) is 0 Å². The average molecular weight is 292 g/mol. The molecule has 0 aliphatic rings. The third-order valence-electron chi connectivity index (χ3n) is 3.04. The number of imidazole rings is 1. The fourth-order valence-electron chi connectivity index (χ4n) is 2.05. The summed E-state index contributed by atoms with van der Waals surface area (Å²) in [7, 11) is 0. The van der Waals surface area contributed by atoms with Crippen molar-refractivity contribution in [2.24, 2.45) is 5.92 Å². The van der Waals surface area contributed by atoms with Gasteiger partial charge >= 0.3 is 5.69 Å². The van der Waals surface area contributed by atoms with Crippen LogP contribution in [0, 0.1) is 5.92 Å². The monoisotopic (exact) mass is 292 g/mol. The summed E-state index contributed by atoms with van der Waals surface area (Å²) in [5.41, 5.74) is 6.16. The Labute approximate surface area is 121 Å². The first-order valence-electron chi connectivity index (χ1n) is 6.82. The fraction of sp³-hybridized carbons (Fsp3) is 0.462. The molecule has 2 aromatic rings. The van der Waals surface area contributed by atoms with Crippen LogP contribution in [-0.2, 0) is 13.0 Å². The molecule has 0 atom stereocenters. The molecule has 8 heteroatoms. The Kier molecular flexibility index (Phi) is 4.46. The van der Waals surface area contributed by atoms with E-state index in [9.17, 15) is 9.59 Å². The second kappa shape index (κ2) is 6.29. The van der Waals surface area contributed by atoms with Gasteiger partial charge in [0.2, 0.25) is 0 Å². The molecule has 0 unspecified atom stereocenters. The third-order valence-corrected chi connectivity index (χ3v) is 3.04. The summed E-state index contributed by atoms with van der Waals surface area (Å²) in [5.74, 6) is 0.413. The fourth-order valence-corrected chi connectivity index (χ4v) is 2.05. The lowest BCUT2D eigenvalue weighted by Crippen LogP contribution is -2.35. The minimum atomic E-state index is -0.498. The van der Waals surface area contributed by atoms with Crippen molar-refractivity contribution in [1.82, 2.24) is 19.5 Å². The maximum Gasteiger partial charge on any atom is 0.330 e. The first kappa shape index (κ1) is 14.9. The van der Waals surface area contributed by atoms with Gasteiger partial charge in [0.15, 0.2) is 0 Å². The SMILES string of the molecule is CC(C)Cn1c(N)c(NCCc2cnc[nH]2)c(=O)[nH]c1=O. The van der Waals surface area contributed by atoms with Crippen LogP contribution in [0.3, 0.4) is 0 Å². The number of aromatic amines is 2. The second-order valence-electron chi connectivity index (χ2n) is 5.28. The lowest BCUT2D eigenvalue weighted by atomic mass is 10.2. The lowest BCUT2D eigenvalue weighted by molar-refractivity contribution is 0.508. The van der Waals surface area contributed by atoms with E-state index in [0.29, 0.717) is 19.5 Å². The van der Waals surface area contributed by atoms with Crippen molar-refractivity contribution in [3.05, 3.63) is 39.1 Å². The zero-order valence-electron chi connectivity index (χ0n) is 12.1. The zero-order chi connectivity index (χ0) is 15.4. The third kappa shape index (κ3) is 3.53. The molecule has 0 spiro atoms. The molecule has 0 radical (unpaired) electrons. The van der Waals surface area contributed by atoms with E-state index in [0.717, 1.165) is 5.69 Å². The highest BCUT2D eigenvalue weighted by molar-refractivity contribution is 5.60. The molecular weight excluding hydrogens is 272 g/mol. The molecule has 2 rings (SSSR count). The second-order valence-corrected chi connectivity index (χ2v) is 5.28. The Balaban J connectivity index is 2.18. The van der Waals surface area contributed by atoms with Gasteiger partial charge in [-0.3, -0.25) is 14.3 Å². The first-order valence-corrected chi connectivity index (χ1v) is 6.82. The molecule has 0 bridgehead atoms. The van der Waals surface area contributed by atoms with E-state index in [-0.39, 0.29) is 17.4 Å². The van der Waals surface area contributed by atoms with E-state index < -0.39 is 11.2 Å². The smallest absolute Gasteiger partial charge is 0.330 e. The standard InChI is InChI=1S/C13H20N6O2/c1-8(2)6-19-11(14)10(12(20)18-13(19)21)16-4-3-9-5-15-7-17-9/h5,7-8,16H,3-4,6,14H2,1-2H3,(H,15,17)(H,18,20,21). The molecule has 2 heterocycles. The number of H-pyrrole nitrogens is 2. The van der Waals surface area contributed by atoms with Crippen molar-refractivity contribution in [3.8, 4) is 0 Å². The van der Waals surface area contributed by atoms with E-state index in [1.165, 1.54) is 4.57 Å². The number of hydrogen-bond donors (Lipinski definition) is 4. The van der Waals surface area contributed by atoms with Crippen LogP contribution in [0.5, 0.6) is 0 Å². The van der Waals surface area contributed by atoms with Gasteiger partial charge in [-0.25, -0.2) is 9.78 Å². The summed E-state index contributed by atoms with van der Waals surface area (Å²) < 4.78 is 1.38.